The van der Waals surface area contributed by atoms with Crippen molar-refractivity contribution in [1.29, 1.82) is 0 Å². The van der Waals surface area contributed by atoms with Crippen molar-refractivity contribution >= 4 is 29.1 Å². The lowest BCUT2D eigenvalue weighted by atomic mass is 10.1. The fraction of sp³-hybridized carbons (Fsp3) is 0.167. The van der Waals surface area contributed by atoms with Crippen molar-refractivity contribution in [2.24, 2.45) is 0 Å². The molecular formula is C12H11ClO4. The van der Waals surface area contributed by atoms with Gasteiger partial charge in [0.1, 0.15) is 5.76 Å². The van der Waals surface area contributed by atoms with Gasteiger partial charge in [0, 0.05) is 16.7 Å². The maximum Gasteiger partial charge on any atom is 0.379 e. The fourth-order valence-corrected chi connectivity index (χ4v) is 1.22. The topological polar surface area (TPSA) is 63.6 Å². The quantitative estimate of drug-likeness (QED) is 0.388. The molecule has 0 aromatic heterocycles. The summed E-state index contributed by atoms with van der Waals surface area (Å²) in [5.41, 5.74) is 0.395. The summed E-state index contributed by atoms with van der Waals surface area (Å²) in [7, 11) is 0. The van der Waals surface area contributed by atoms with Gasteiger partial charge in [-0.15, -0.1) is 0 Å². The predicted octanol–water partition coefficient (Wildman–Crippen LogP) is 2.37. The molecule has 0 fully saturated rings. The third-order valence-electron chi connectivity index (χ3n) is 1.88. The highest BCUT2D eigenvalue weighted by molar-refractivity contribution is 6.39. The molecule has 0 atom stereocenters. The number of aliphatic hydroxyl groups is 1. The number of esters is 1. The van der Waals surface area contributed by atoms with Gasteiger partial charge in [-0.05, 0) is 31.2 Å². The van der Waals surface area contributed by atoms with Gasteiger partial charge in [0.15, 0.2) is 0 Å². The Morgan fingerprint density at radius 1 is 1.35 bits per heavy atom. The molecular weight excluding hydrogens is 244 g/mol. The molecule has 17 heavy (non-hydrogen) atoms. The van der Waals surface area contributed by atoms with E-state index in [1.54, 1.807) is 19.1 Å². The minimum absolute atomic E-state index is 0.111. The van der Waals surface area contributed by atoms with Crippen LogP contribution in [0.1, 0.15) is 12.5 Å². The Kier molecular flexibility index (Phi) is 4.72. The average Bonchev–Trinajstić information content (AvgIpc) is 2.30. The van der Waals surface area contributed by atoms with E-state index >= 15 is 0 Å². The van der Waals surface area contributed by atoms with Gasteiger partial charge in [0.2, 0.25) is 0 Å². The van der Waals surface area contributed by atoms with Gasteiger partial charge in [0.05, 0.1) is 6.61 Å². The maximum absolute atomic E-state index is 11.2. The van der Waals surface area contributed by atoms with Gasteiger partial charge in [-0.3, -0.25) is 4.79 Å². The van der Waals surface area contributed by atoms with Gasteiger partial charge in [0.25, 0.3) is 5.78 Å². The molecule has 1 aromatic carbocycles. The molecule has 0 aliphatic heterocycles. The molecule has 0 saturated carbocycles. The smallest absolute Gasteiger partial charge is 0.379 e. The van der Waals surface area contributed by atoms with Crippen molar-refractivity contribution in [1.82, 2.24) is 0 Å². The SMILES string of the molecule is CCOC(=O)C(=O)C=C(O)c1ccc(Cl)cc1. The van der Waals surface area contributed by atoms with Crippen LogP contribution >= 0.6 is 11.6 Å². The van der Waals surface area contributed by atoms with Crippen LogP contribution in [0.2, 0.25) is 5.02 Å². The van der Waals surface area contributed by atoms with E-state index in [4.69, 9.17) is 11.6 Å². The number of ketones is 1. The van der Waals surface area contributed by atoms with Crippen LogP contribution in [0, 0.1) is 0 Å². The van der Waals surface area contributed by atoms with Gasteiger partial charge >= 0.3 is 5.97 Å². The molecule has 0 aliphatic rings. The van der Waals surface area contributed by atoms with E-state index < -0.39 is 11.8 Å². The summed E-state index contributed by atoms with van der Waals surface area (Å²) >= 11 is 5.67. The number of hydrogen-bond acceptors (Lipinski definition) is 4. The number of ether oxygens (including phenoxy) is 1. The van der Waals surface area contributed by atoms with Crippen molar-refractivity contribution in [3.63, 3.8) is 0 Å². The zero-order chi connectivity index (χ0) is 12.8. The van der Waals surface area contributed by atoms with Crippen LogP contribution in [-0.2, 0) is 14.3 Å². The van der Waals surface area contributed by atoms with Crippen molar-refractivity contribution in [2.45, 2.75) is 6.92 Å². The van der Waals surface area contributed by atoms with Gasteiger partial charge in [-0.1, -0.05) is 11.6 Å². The summed E-state index contributed by atoms with van der Waals surface area (Å²) in [5.74, 6) is -2.20. The number of carbonyl (C=O) groups is 2. The summed E-state index contributed by atoms with van der Waals surface area (Å²) in [4.78, 5) is 22.3. The maximum atomic E-state index is 11.2. The molecule has 90 valence electrons. The van der Waals surface area contributed by atoms with Crippen LogP contribution in [-0.4, -0.2) is 23.5 Å². The lowest BCUT2D eigenvalue weighted by Crippen LogP contribution is -2.15. The van der Waals surface area contributed by atoms with Crippen molar-refractivity contribution in [3.05, 3.63) is 40.9 Å². The van der Waals surface area contributed by atoms with Crippen LogP contribution in [0.15, 0.2) is 30.3 Å². The number of rotatable bonds is 4. The number of benzene rings is 1. The van der Waals surface area contributed by atoms with E-state index in [-0.39, 0.29) is 12.4 Å². The van der Waals surface area contributed by atoms with E-state index in [2.05, 4.69) is 4.74 Å². The summed E-state index contributed by atoms with van der Waals surface area (Å²) in [6.45, 7) is 1.70. The number of hydrogen-bond donors (Lipinski definition) is 1. The molecule has 0 amide bonds. The van der Waals surface area contributed by atoms with Gasteiger partial charge < -0.3 is 9.84 Å². The van der Waals surface area contributed by atoms with Crippen LogP contribution in [0.4, 0.5) is 0 Å². The highest BCUT2D eigenvalue weighted by atomic mass is 35.5. The number of aliphatic hydroxyl groups excluding tert-OH is 1. The second-order valence-electron chi connectivity index (χ2n) is 3.12. The lowest BCUT2D eigenvalue weighted by molar-refractivity contribution is -0.151. The average molecular weight is 255 g/mol. The molecule has 0 bridgehead atoms. The Morgan fingerprint density at radius 3 is 2.47 bits per heavy atom. The summed E-state index contributed by atoms with van der Waals surface area (Å²) in [6, 6.07) is 6.20. The Bertz CT molecular complexity index is 448. The molecule has 1 aromatic rings. The van der Waals surface area contributed by atoms with E-state index in [0.29, 0.717) is 10.6 Å². The summed E-state index contributed by atoms with van der Waals surface area (Å²) in [6.07, 6.45) is 0.821. The standard InChI is InChI=1S/C12H11ClO4/c1-2-17-12(16)11(15)7-10(14)8-3-5-9(13)6-4-8/h3-7,14H,2H2,1H3. The van der Waals surface area contributed by atoms with E-state index in [9.17, 15) is 14.7 Å². The van der Waals surface area contributed by atoms with Crippen LogP contribution in [0.25, 0.3) is 5.76 Å². The number of halogens is 1. The summed E-state index contributed by atoms with van der Waals surface area (Å²) in [5, 5.41) is 10.1. The van der Waals surface area contributed by atoms with Crippen molar-refractivity contribution in [2.75, 3.05) is 6.61 Å². The largest absolute Gasteiger partial charge is 0.507 e. The van der Waals surface area contributed by atoms with Crippen molar-refractivity contribution < 1.29 is 19.4 Å². The molecule has 0 aliphatic carbocycles. The van der Waals surface area contributed by atoms with Gasteiger partial charge in [-0.25, -0.2) is 4.79 Å². The Balaban J connectivity index is 2.82. The first-order valence-electron chi connectivity index (χ1n) is 4.92. The first kappa shape index (κ1) is 13.3. The monoisotopic (exact) mass is 254 g/mol. The zero-order valence-corrected chi connectivity index (χ0v) is 9.90. The molecule has 4 nitrogen and oxygen atoms in total. The minimum Gasteiger partial charge on any atom is -0.507 e. The molecule has 5 heteroatoms. The minimum atomic E-state index is -0.993. The summed E-state index contributed by atoms with van der Waals surface area (Å²) < 4.78 is 4.49. The predicted molar refractivity (Wildman–Crippen MR) is 63.7 cm³/mol. The first-order valence-corrected chi connectivity index (χ1v) is 5.30. The highest BCUT2D eigenvalue weighted by Crippen LogP contribution is 2.15. The fourth-order valence-electron chi connectivity index (χ4n) is 1.09. The molecule has 0 radical (unpaired) electrons. The molecule has 0 unspecified atom stereocenters. The van der Waals surface area contributed by atoms with Crippen molar-refractivity contribution in [3.8, 4) is 0 Å². The van der Waals surface area contributed by atoms with Crippen LogP contribution in [0.5, 0.6) is 0 Å². The lowest BCUT2D eigenvalue weighted by Gasteiger charge is -2.00. The zero-order valence-electron chi connectivity index (χ0n) is 9.14. The molecule has 0 heterocycles. The van der Waals surface area contributed by atoms with Crippen LogP contribution in [0.3, 0.4) is 0 Å². The third-order valence-corrected chi connectivity index (χ3v) is 2.14. The Morgan fingerprint density at radius 2 is 1.94 bits per heavy atom. The normalized spacial score (nSPS) is 11.1. The van der Waals surface area contributed by atoms with E-state index in [1.807, 2.05) is 0 Å². The van der Waals surface area contributed by atoms with E-state index in [0.717, 1.165) is 6.08 Å². The molecule has 0 spiro atoms. The first-order chi connectivity index (χ1) is 8.04. The molecule has 1 N–H and O–H groups in total. The van der Waals surface area contributed by atoms with E-state index in [1.165, 1.54) is 12.1 Å². The van der Waals surface area contributed by atoms with Gasteiger partial charge in [-0.2, -0.15) is 0 Å². The Hall–Kier alpha value is -1.81. The van der Waals surface area contributed by atoms with Crippen LogP contribution < -0.4 is 0 Å². The second-order valence-corrected chi connectivity index (χ2v) is 3.56. The second kappa shape index (κ2) is 6.06. The molecule has 1 rings (SSSR count). The highest BCUT2D eigenvalue weighted by Gasteiger charge is 2.13. The number of carbonyl (C=O) groups excluding carboxylic acids is 2. The Labute approximate surface area is 103 Å². The molecule has 0 saturated heterocycles. The third kappa shape index (κ3) is 3.92.